The van der Waals surface area contributed by atoms with E-state index in [1.54, 1.807) is 6.07 Å². The molecule has 0 aliphatic rings. The summed E-state index contributed by atoms with van der Waals surface area (Å²) in [5.74, 6) is -1.79. The highest BCUT2D eigenvalue weighted by molar-refractivity contribution is 6.33. The van der Waals surface area contributed by atoms with Crippen LogP contribution in [0.15, 0.2) is 30.0 Å². The lowest BCUT2D eigenvalue weighted by atomic mass is 10.2. The Morgan fingerprint density at radius 1 is 1.52 bits per heavy atom. The standard InChI is InChI=1S/C13H13ClN4O3/c1-7(13(20)21)17-6-8(5-15)12(19)18-9-2-3-11(16)10(14)4-9/h2-4,6-7,17H,16H2,1H3,(H,18,19)(H,20,21)/b8-6-. The molecule has 0 bridgehead atoms. The number of carboxylic acids is 1. The number of hydrogen-bond acceptors (Lipinski definition) is 5. The molecular weight excluding hydrogens is 296 g/mol. The highest BCUT2D eigenvalue weighted by atomic mass is 35.5. The van der Waals surface area contributed by atoms with Gasteiger partial charge in [0.2, 0.25) is 0 Å². The van der Waals surface area contributed by atoms with Gasteiger partial charge < -0.3 is 21.5 Å². The molecule has 1 rings (SSSR count). The van der Waals surface area contributed by atoms with Gasteiger partial charge in [-0.15, -0.1) is 0 Å². The number of aliphatic carboxylic acids is 1. The minimum Gasteiger partial charge on any atom is -0.480 e. The van der Waals surface area contributed by atoms with Crippen molar-refractivity contribution in [1.29, 1.82) is 5.26 Å². The molecule has 0 spiro atoms. The van der Waals surface area contributed by atoms with Crippen LogP contribution in [0.5, 0.6) is 0 Å². The number of benzene rings is 1. The second-order valence-electron chi connectivity index (χ2n) is 4.09. The molecule has 1 aromatic rings. The third-order valence-electron chi connectivity index (χ3n) is 2.47. The third-order valence-corrected chi connectivity index (χ3v) is 2.80. The molecule has 1 atom stereocenters. The van der Waals surface area contributed by atoms with E-state index in [1.165, 1.54) is 25.1 Å². The van der Waals surface area contributed by atoms with Crippen molar-refractivity contribution in [2.75, 3.05) is 11.1 Å². The summed E-state index contributed by atoms with van der Waals surface area (Å²) in [5, 5.41) is 22.8. The second kappa shape index (κ2) is 7.17. The first kappa shape index (κ1) is 16.3. The molecule has 21 heavy (non-hydrogen) atoms. The van der Waals surface area contributed by atoms with Crippen LogP contribution in [0.25, 0.3) is 0 Å². The lowest BCUT2D eigenvalue weighted by molar-refractivity contribution is -0.138. The average molecular weight is 309 g/mol. The number of carbonyl (C=O) groups is 2. The Kier molecular flexibility index (Phi) is 5.57. The number of nitrogens with zero attached hydrogens (tertiary/aromatic N) is 1. The van der Waals surface area contributed by atoms with Gasteiger partial charge in [0.25, 0.3) is 5.91 Å². The Balaban J connectivity index is 2.80. The molecule has 1 amide bonds. The van der Waals surface area contributed by atoms with E-state index >= 15 is 0 Å². The minimum atomic E-state index is -1.10. The number of hydrogen-bond donors (Lipinski definition) is 4. The quantitative estimate of drug-likeness (QED) is 0.369. The van der Waals surface area contributed by atoms with E-state index in [2.05, 4.69) is 10.6 Å². The Labute approximate surface area is 126 Å². The molecule has 7 nitrogen and oxygen atoms in total. The Morgan fingerprint density at radius 3 is 2.71 bits per heavy atom. The second-order valence-corrected chi connectivity index (χ2v) is 4.49. The Bertz CT molecular complexity index is 637. The summed E-state index contributed by atoms with van der Waals surface area (Å²) >= 11 is 5.81. The number of nitrogens with two attached hydrogens (primary N) is 1. The van der Waals surface area contributed by atoms with Crippen molar-refractivity contribution < 1.29 is 14.7 Å². The molecule has 110 valence electrons. The van der Waals surface area contributed by atoms with Gasteiger partial charge in [-0.3, -0.25) is 9.59 Å². The topological polar surface area (TPSA) is 128 Å². The maximum atomic E-state index is 11.9. The first-order chi connectivity index (χ1) is 9.85. The molecule has 0 aliphatic heterocycles. The van der Waals surface area contributed by atoms with Crippen molar-refractivity contribution in [2.45, 2.75) is 13.0 Å². The average Bonchev–Trinajstić information content (AvgIpc) is 2.43. The van der Waals surface area contributed by atoms with E-state index in [9.17, 15) is 9.59 Å². The summed E-state index contributed by atoms with van der Waals surface area (Å²) in [7, 11) is 0. The molecule has 0 saturated heterocycles. The molecule has 0 saturated carbocycles. The number of amides is 1. The van der Waals surface area contributed by atoms with Gasteiger partial charge in [-0.2, -0.15) is 5.26 Å². The first-order valence-corrected chi connectivity index (χ1v) is 6.18. The lowest BCUT2D eigenvalue weighted by Crippen LogP contribution is -2.30. The van der Waals surface area contributed by atoms with Crippen molar-refractivity contribution in [2.24, 2.45) is 0 Å². The number of anilines is 2. The number of nitrogens with one attached hydrogen (secondary N) is 2. The van der Waals surface area contributed by atoms with Crippen molar-refractivity contribution in [1.82, 2.24) is 5.32 Å². The van der Waals surface area contributed by atoms with E-state index in [4.69, 9.17) is 27.7 Å². The first-order valence-electron chi connectivity index (χ1n) is 5.80. The van der Waals surface area contributed by atoms with Crippen molar-refractivity contribution >= 4 is 34.9 Å². The van der Waals surface area contributed by atoms with Crippen LogP contribution in [-0.4, -0.2) is 23.0 Å². The molecule has 0 radical (unpaired) electrons. The molecule has 0 heterocycles. The fraction of sp³-hybridized carbons (Fsp3) is 0.154. The smallest absolute Gasteiger partial charge is 0.325 e. The van der Waals surface area contributed by atoms with E-state index in [-0.39, 0.29) is 10.6 Å². The van der Waals surface area contributed by atoms with Gasteiger partial charge in [0.05, 0.1) is 10.7 Å². The molecule has 1 unspecified atom stereocenters. The van der Waals surface area contributed by atoms with Crippen molar-refractivity contribution in [3.63, 3.8) is 0 Å². The molecular formula is C13H13ClN4O3. The number of nitrogen functional groups attached to an aromatic ring is 1. The molecule has 1 aromatic carbocycles. The number of nitriles is 1. The zero-order chi connectivity index (χ0) is 16.0. The number of carbonyl (C=O) groups excluding carboxylic acids is 1. The van der Waals surface area contributed by atoms with Crippen LogP contribution in [-0.2, 0) is 9.59 Å². The highest BCUT2D eigenvalue weighted by Crippen LogP contribution is 2.22. The van der Waals surface area contributed by atoms with Crippen molar-refractivity contribution in [3.8, 4) is 6.07 Å². The number of rotatable bonds is 5. The fourth-order valence-corrected chi connectivity index (χ4v) is 1.41. The van der Waals surface area contributed by atoms with E-state index in [0.29, 0.717) is 11.4 Å². The largest absolute Gasteiger partial charge is 0.480 e. The minimum absolute atomic E-state index is 0.268. The predicted octanol–water partition coefficient (Wildman–Crippen LogP) is 1.33. The summed E-state index contributed by atoms with van der Waals surface area (Å²) in [5.41, 5.74) is 6.00. The van der Waals surface area contributed by atoms with Crippen LogP contribution in [0.3, 0.4) is 0 Å². The van der Waals surface area contributed by atoms with Crippen LogP contribution in [0.4, 0.5) is 11.4 Å². The zero-order valence-corrected chi connectivity index (χ0v) is 11.8. The van der Waals surface area contributed by atoms with Gasteiger partial charge in [0, 0.05) is 11.9 Å². The number of halogens is 1. The van der Waals surface area contributed by atoms with Gasteiger partial charge in [0.1, 0.15) is 17.7 Å². The Morgan fingerprint density at radius 2 is 2.19 bits per heavy atom. The van der Waals surface area contributed by atoms with Crippen LogP contribution < -0.4 is 16.4 Å². The van der Waals surface area contributed by atoms with Gasteiger partial charge in [0.15, 0.2) is 0 Å². The molecule has 8 heteroatoms. The van der Waals surface area contributed by atoms with Crippen LogP contribution in [0.1, 0.15) is 6.92 Å². The molecule has 0 fully saturated rings. The normalized spacial score (nSPS) is 12.1. The zero-order valence-electron chi connectivity index (χ0n) is 11.1. The van der Waals surface area contributed by atoms with Crippen LogP contribution in [0.2, 0.25) is 5.02 Å². The SMILES string of the molecule is CC(N/C=C(/C#N)C(=O)Nc1ccc(N)c(Cl)c1)C(=O)O. The molecule has 0 aromatic heterocycles. The van der Waals surface area contributed by atoms with Crippen LogP contribution >= 0.6 is 11.6 Å². The van der Waals surface area contributed by atoms with Crippen molar-refractivity contribution in [3.05, 3.63) is 35.0 Å². The molecule has 0 aliphatic carbocycles. The summed E-state index contributed by atoms with van der Waals surface area (Å²) in [6.07, 6.45) is 1.05. The predicted molar refractivity (Wildman–Crippen MR) is 78.4 cm³/mol. The number of carboxylic acid groups (broad SMARTS) is 1. The lowest BCUT2D eigenvalue weighted by Gasteiger charge is -2.08. The van der Waals surface area contributed by atoms with Gasteiger partial charge in [-0.1, -0.05) is 11.6 Å². The summed E-state index contributed by atoms with van der Waals surface area (Å²) < 4.78 is 0. The van der Waals surface area contributed by atoms with E-state index in [0.717, 1.165) is 6.20 Å². The van der Waals surface area contributed by atoms with Crippen LogP contribution in [0, 0.1) is 11.3 Å². The van der Waals surface area contributed by atoms with Gasteiger partial charge in [-0.25, -0.2) is 0 Å². The molecule has 5 N–H and O–H groups in total. The maximum absolute atomic E-state index is 11.9. The maximum Gasteiger partial charge on any atom is 0.325 e. The fourth-order valence-electron chi connectivity index (χ4n) is 1.23. The monoisotopic (exact) mass is 308 g/mol. The Hall–Kier alpha value is -2.72. The van der Waals surface area contributed by atoms with E-state index in [1.807, 2.05) is 0 Å². The summed E-state index contributed by atoms with van der Waals surface area (Å²) in [6.45, 7) is 1.38. The van der Waals surface area contributed by atoms with Gasteiger partial charge >= 0.3 is 5.97 Å². The summed E-state index contributed by atoms with van der Waals surface area (Å²) in [6, 6.07) is 5.24. The van der Waals surface area contributed by atoms with E-state index < -0.39 is 17.9 Å². The third kappa shape index (κ3) is 4.71. The highest BCUT2D eigenvalue weighted by Gasteiger charge is 2.12. The van der Waals surface area contributed by atoms with Gasteiger partial charge in [-0.05, 0) is 25.1 Å². The summed E-state index contributed by atoms with van der Waals surface area (Å²) in [4.78, 5) is 22.5.